The van der Waals surface area contributed by atoms with Gasteiger partial charge in [0.05, 0.1) is 0 Å². The number of piperazine rings is 1. The number of aromatic nitrogens is 2. The lowest BCUT2D eigenvalue weighted by Gasteiger charge is -2.36. The largest absolute Gasteiger partial charge is 0.368 e. The standard InChI is InChI=1S/C21H21F2N5/c1-15-13-20(25-18-4-2-3-17(23)14-18)26-21(24-15)28-11-9-27(10-12-28)19-7-5-16(22)6-8-19/h2-8,13-14H,9-12H2,1H3,(H,24,25,26). The first-order valence-corrected chi connectivity index (χ1v) is 9.20. The SMILES string of the molecule is Cc1cc(Nc2cccc(F)c2)nc(N2CCN(c3ccc(F)cc3)CC2)n1. The van der Waals surface area contributed by atoms with Crippen molar-refractivity contribution < 1.29 is 8.78 Å². The Balaban J connectivity index is 1.46. The molecule has 0 amide bonds. The van der Waals surface area contributed by atoms with E-state index in [9.17, 15) is 8.78 Å². The maximum Gasteiger partial charge on any atom is 0.227 e. The molecule has 0 saturated carbocycles. The minimum absolute atomic E-state index is 0.228. The molecule has 7 heteroatoms. The fourth-order valence-electron chi connectivity index (χ4n) is 3.29. The average molecular weight is 381 g/mol. The summed E-state index contributed by atoms with van der Waals surface area (Å²) in [6, 6.07) is 14.7. The van der Waals surface area contributed by atoms with Crippen LogP contribution >= 0.6 is 0 Å². The van der Waals surface area contributed by atoms with Crippen molar-refractivity contribution >= 4 is 23.1 Å². The van der Waals surface area contributed by atoms with Gasteiger partial charge in [0.15, 0.2) is 0 Å². The van der Waals surface area contributed by atoms with Crippen LogP contribution in [0, 0.1) is 18.6 Å². The summed E-state index contributed by atoms with van der Waals surface area (Å²) in [5.74, 6) is 0.758. The lowest BCUT2D eigenvalue weighted by atomic mass is 10.2. The highest BCUT2D eigenvalue weighted by atomic mass is 19.1. The molecule has 1 aliphatic rings. The van der Waals surface area contributed by atoms with E-state index in [1.165, 1.54) is 24.3 Å². The van der Waals surface area contributed by atoms with Crippen LogP contribution in [-0.2, 0) is 0 Å². The van der Waals surface area contributed by atoms with Gasteiger partial charge in [-0.3, -0.25) is 0 Å². The zero-order valence-electron chi connectivity index (χ0n) is 15.6. The van der Waals surface area contributed by atoms with E-state index in [2.05, 4.69) is 25.1 Å². The first-order valence-electron chi connectivity index (χ1n) is 9.20. The van der Waals surface area contributed by atoms with Gasteiger partial charge in [-0.15, -0.1) is 0 Å². The molecule has 1 N–H and O–H groups in total. The third-order valence-electron chi connectivity index (χ3n) is 4.69. The van der Waals surface area contributed by atoms with Crippen LogP contribution in [0.5, 0.6) is 0 Å². The molecule has 0 bridgehead atoms. The number of rotatable bonds is 4. The normalized spacial score (nSPS) is 14.2. The van der Waals surface area contributed by atoms with Crippen molar-refractivity contribution in [3.05, 3.63) is 71.9 Å². The second-order valence-corrected chi connectivity index (χ2v) is 6.78. The van der Waals surface area contributed by atoms with E-state index in [0.29, 0.717) is 17.5 Å². The molecular formula is C21H21F2N5. The molecule has 3 aromatic rings. The maximum absolute atomic E-state index is 13.4. The molecule has 144 valence electrons. The minimum Gasteiger partial charge on any atom is -0.368 e. The van der Waals surface area contributed by atoms with E-state index in [0.717, 1.165) is 37.6 Å². The maximum atomic E-state index is 13.4. The van der Waals surface area contributed by atoms with Crippen molar-refractivity contribution in [2.45, 2.75) is 6.92 Å². The van der Waals surface area contributed by atoms with Gasteiger partial charge in [0.1, 0.15) is 17.5 Å². The molecular weight excluding hydrogens is 360 g/mol. The number of aryl methyl sites for hydroxylation is 1. The van der Waals surface area contributed by atoms with Crippen molar-refractivity contribution in [3.63, 3.8) is 0 Å². The number of hydrogen-bond donors (Lipinski definition) is 1. The smallest absolute Gasteiger partial charge is 0.227 e. The van der Waals surface area contributed by atoms with Crippen LogP contribution in [0.3, 0.4) is 0 Å². The first kappa shape index (κ1) is 18.2. The van der Waals surface area contributed by atoms with Crippen molar-refractivity contribution in [2.24, 2.45) is 0 Å². The van der Waals surface area contributed by atoms with E-state index in [1.807, 2.05) is 13.0 Å². The van der Waals surface area contributed by atoms with Crippen LogP contribution in [0.1, 0.15) is 5.69 Å². The molecule has 0 atom stereocenters. The van der Waals surface area contributed by atoms with Gasteiger partial charge in [-0.05, 0) is 49.4 Å². The topological polar surface area (TPSA) is 44.3 Å². The molecule has 0 spiro atoms. The fraction of sp³-hybridized carbons (Fsp3) is 0.238. The fourth-order valence-corrected chi connectivity index (χ4v) is 3.29. The molecule has 0 radical (unpaired) electrons. The van der Waals surface area contributed by atoms with Gasteiger partial charge in [-0.1, -0.05) is 6.07 Å². The highest BCUT2D eigenvalue weighted by molar-refractivity contribution is 5.58. The summed E-state index contributed by atoms with van der Waals surface area (Å²) in [6.07, 6.45) is 0. The van der Waals surface area contributed by atoms with E-state index in [1.54, 1.807) is 24.3 Å². The summed E-state index contributed by atoms with van der Waals surface area (Å²) in [4.78, 5) is 13.5. The Morgan fingerprint density at radius 3 is 2.25 bits per heavy atom. The zero-order chi connectivity index (χ0) is 19.5. The lowest BCUT2D eigenvalue weighted by Crippen LogP contribution is -2.47. The van der Waals surface area contributed by atoms with E-state index < -0.39 is 0 Å². The number of anilines is 4. The summed E-state index contributed by atoms with van der Waals surface area (Å²) in [5.41, 5.74) is 2.50. The first-order chi connectivity index (χ1) is 13.6. The van der Waals surface area contributed by atoms with Gasteiger partial charge < -0.3 is 15.1 Å². The van der Waals surface area contributed by atoms with Gasteiger partial charge in [0, 0.05) is 49.3 Å². The molecule has 0 unspecified atom stereocenters. The molecule has 5 nitrogen and oxygen atoms in total. The van der Waals surface area contributed by atoms with Gasteiger partial charge in [-0.25, -0.2) is 13.8 Å². The minimum atomic E-state index is -0.298. The third-order valence-corrected chi connectivity index (χ3v) is 4.69. The number of benzene rings is 2. The van der Waals surface area contributed by atoms with Crippen molar-refractivity contribution in [3.8, 4) is 0 Å². The lowest BCUT2D eigenvalue weighted by molar-refractivity contribution is 0.623. The summed E-state index contributed by atoms with van der Waals surface area (Å²) in [7, 11) is 0. The molecule has 1 aromatic heterocycles. The van der Waals surface area contributed by atoms with Crippen LogP contribution in [0.15, 0.2) is 54.6 Å². The second-order valence-electron chi connectivity index (χ2n) is 6.78. The number of hydrogen-bond acceptors (Lipinski definition) is 5. The molecule has 2 aromatic carbocycles. The van der Waals surface area contributed by atoms with Gasteiger partial charge in [0.25, 0.3) is 0 Å². The van der Waals surface area contributed by atoms with Crippen LogP contribution < -0.4 is 15.1 Å². The highest BCUT2D eigenvalue weighted by Crippen LogP contribution is 2.22. The van der Waals surface area contributed by atoms with Gasteiger partial charge in [-0.2, -0.15) is 4.98 Å². The Labute approximate surface area is 162 Å². The van der Waals surface area contributed by atoms with E-state index in [-0.39, 0.29) is 11.6 Å². The Bertz CT molecular complexity index is 953. The van der Waals surface area contributed by atoms with Crippen molar-refractivity contribution in [1.29, 1.82) is 0 Å². The Hall–Kier alpha value is -3.22. The third kappa shape index (κ3) is 4.19. The average Bonchev–Trinajstić information content (AvgIpc) is 2.68. The Morgan fingerprint density at radius 1 is 0.821 bits per heavy atom. The highest BCUT2D eigenvalue weighted by Gasteiger charge is 2.20. The van der Waals surface area contributed by atoms with Crippen LogP contribution in [0.25, 0.3) is 0 Å². The molecule has 28 heavy (non-hydrogen) atoms. The van der Waals surface area contributed by atoms with E-state index >= 15 is 0 Å². The Morgan fingerprint density at radius 2 is 1.54 bits per heavy atom. The predicted molar refractivity (Wildman–Crippen MR) is 107 cm³/mol. The van der Waals surface area contributed by atoms with Crippen LogP contribution in [0.2, 0.25) is 0 Å². The second kappa shape index (κ2) is 7.80. The molecule has 1 saturated heterocycles. The van der Waals surface area contributed by atoms with Crippen LogP contribution in [-0.4, -0.2) is 36.1 Å². The summed E-state index contributed by atoms with van der Waals surface area (Å²) in [6.45, 7) is 5.04. The summed E-state index contributed by atoms with van der Waals surface area (Å²) >= 11 is 0. The molecule has 1 aliphatic heterocycles. The van der Waals surface area contributed by atoms with Crippen LogP contribution in [0.4, 0.5) is 31.9 Å². The molecule has 4 rings (SSSR count). The number of nitrogens with zero attached hydrogens (tertiary/aromatic N) is 4. The molecule has 1 fully saturated rings. The number of halogens is 2. The summed E-state index contributed by atoms with van der Waals surface area (Å²) in [5, 5.41) is 3.14. The molecule has 0 aliphatic carbocycles. The Kier molecular flexibility index (Phi) is 5.06. The number of nitrogens with one attached hydrogen (secondary N) is 1. The van der Waals surface area contributed by atoms with Crippen molar-refractivity contribution in [1.82, 2.24) is 9.97 Å². The monoisotopic (exact) mass is 381 g/mol. The quantitative estimate of drug-likeness (QED) is 0.736. The molecule has 2 heterocycles. The predicted octanol–water partition coefficient (Wildman–Crippen LogP) is 4.13. The van der Waals surface area contributed by atoms with Crippen molar-refractivity contribution in [2.75, 3.05) is 41.3 Å². The zero-order valence-corrected chi connectivity index (χ0v) is 15.6. The van der Waals surface area contributed by atoms with Gasteiger partial charge in [0.2, 0.25) is 5.95 Å². The van der Waals surface area contributed by atoms with E-state index in [4.69, 9.17) is 0 Å². The summed E-state index contributed by atoms with van der Waals surface area (Å²) < 4.78 is 26.5. The van der Waals surface area contributed by atoms with Gasteiger partial charge >= 0.3 is 0 Å².